The molecule has 0 fully saturated rings. The van der Waals surface area contributed by atoms with E-state index in [9.17, 15) is 18.0 Å². The highest BCUT2D eigenvalue weighted by Crippen LogP contribution is 2.35. The van der Waals surface area contributed by atoms with Crippen LogP contribution in [0.4, 0.5) is 13.2 Å². The van der Waals surface area contributed by atoms with Crippen molar-refractivity contribution in [1.82, 2.24) is 5.32 Å². The maximum absolute atomic E-state index is 12.8. The first kappa shape index (κ1) is 17.0. The molecule has 0 aliphatic heterocycles. The third-order valence-corrected chi connectivity index (χ3v) is 3.18. The summed E-state index contributed by atoms with van der Waals surface area (Å²) in [5.41, 5.74) is -1.60. The van der Waals surface area contributed by atoms with Gasteiger partial charge in [0.2, 0.25) is 0 Å². The van der Waals surface area contributed by atoms with Crippen LogP contribution in [-0.4, -0.2) is 25.2 Å². The normalized spacial score (nSPS) is 12.3. The van der Waals surface area contributed by atoms with Crippen LogP contribution in [0.15, 0.2) is 22.7 Å². The number of carbonyl (C=O) groups is 1. The second kappa shape index (κ2) is 6.13. The largest absolute Gasteiger partial charge is 0.417 e. The quantitative estimate of drug-likeness (QED) is 0.897. The predicted octanol–water partition coefficient (Wildman–Crippen LogP) is 3.62. The van der Waals surface area contributed by atoms with Crippen LogP contribution >= 0.6 is 15.9 Å². The van der Waals surface area contributed by atoms with Gasteiger partial charge in [0.15, 0.2) is 0 Å². The zero-order chi connectivity index (χ0) is 15.6. The number of rotatable bonds is 4. The van der Waals surface area contributed by atoms with Crippen molar-refractivity contribution in [3.05, 3.63) is 33.8 Å². The molecule has 1 N–H and O–H groups in total. The molecule has 1 rings (SSSR count). The fourth-order valence-corrected chi connectivity index (χ4v) is 2.13. The van der Waals surface area contributed by atoms with Gasteiger partial charge in [-0.3, -0.25) is 4.79 Å². The second-order valence-corrected chi connectivity index (χ2v) is 5.82. The van der Waals surface area contributed by atoms with Crippen LogP contribution in [0, 0.1) is 0 Å². The molecule has 0 unspecified atom stereocenters. The Morgan fingerprint density at radius 2 is 1.95 bits per heavy atom. The number of hydrogen-bond acceptors (Lipinski definition) is 2. The summed E-state index contributed by atoms with van der Waals surface area (Å²) in [6.45, 7) is 3.69. The summed E-state index contributed by atoms with van der Waals surface area (Å²) >= 11 is 2.83. The molecule has 0 saturated carbocycles. The number of alkyl halides is 3. The topological polar surface area (TPSA) is 38.3 Å². The van der Waals surface area contributed by atoms with E-state index in [-0.39, 0.29) is 16.6 Å². The average molecular weight is 354 g/mol. The minimum Gasteiger partial charge on any atom is -0.382 e. The third-order valence-electron chi connectivity index (χ3n) is 2.49. The number of amides is 1. The van der Waals surface area contributed by atoms with E-state index in [0.717, 1.165) is 6.07 Å². The lowest BCUT2D eigenvalue weighted by molar-refractivity contribution is -0.138. The van der Waals surface area contributed by atoms with Crippen molar-refractivity contribution in [3.8, 4) is 0 Å². The first-order chi connectivity index (χ1) is 9.07. The maximum atomic E-state index is 12.8. The molecular formula is C13H15BrF3NO2. The molecule has 0 aliphatic carbocycles. The number of nitrogens with one attached hydrogen (secondary N) is 1. The van der Waals surface area contributed by atoms with Gasteiger partial charge in [-0.15, -0.1) is 0 Å². The molecule has 0 spiro atoms. The zero-order valence-electron chi connectivity index (χ0n) is 11.3. The van der Waals surface area contributed by atoms with Crippen LogP contribution in [0.5, 0.6) is 0 Å². The fourth-order valence-electron chi connectivity index (χ4n) is 1.66. The Labute approximate surface area is 123 Å². The SMILES string of the molecule is COCC(C)(C)NC(=O)c1ccc(Br)c(C(F)(F)F)c1. The second-order valence-electron chi connectivity index (χ2n) is 4.96. The number of hydrogen-bond donors (Lipinski definition) is 1. The lowest BCUT2D eigenvalue weighted by Crippen LogP contribution is -2.46. The minimum atomic E-state index is -4.52. The lowest BCUT2D eigenvalue weighted by atomic mass is 10.0. The molecular weight excluding hydrogens is 339 g/mol. The lowest BCUT2D eigenvalue weighted by Gasteiger charge is -2.25. The first-order valence-corrected chi connectivity index (χ1v) is 6.54. The smallest absolute Gasteiger partial charge is 0.382 e. The van der Waals surface area contributed by atoms with Gasteiger partial charge in [0.05, 0.1) is 17.7 Å². The molecule has 1 aromatic carbocycles. The molecule has 1 amide bonds. The van der Waals surface area contributed by atoms with Crippen LogP contribution in [-0.2, 0) is 10.9 Å². The van der Waals surface area contributed by atoms with Crippen LogP contribution < -0.4 is 5.32 Å². The molecule has 112 valence electrons. The van der Waals surface area contributed by atoms with Gasteiger partial charge in [0.1, 0.15) is 0 Å². The van der Waals surface area contributed by atoms with Gasteiger partial charge in [0.25, 0.3) is 5.91 Å². The Balaban J connectivity index is 3.01. The Morgan fingerprint density at radius 3 is 2.45 bits per heavy atom. The van der Waals surface area contributed by atoms with E-state index in [1.54, 1.807) is 13.8 Å². The summed E-state index contributed by atoms with van der Waals surface area (Å²) in [5.74, 6) is -0.579. The van der Waals surface area contributed by atoms with Crippen molar-refractivity contribution >= 4 is 21.8 Å². The van der Waals surface area contributed by atoms with Gasteiger partial charge in [-0.05, 0) is 32.0 Å². The highest BCUT2D eigenvalue weighted by Gasteiger charge is 2.34. The van der Waals surface area contributed by atoms with E-state index in [1.807, 2.05) is 0 Å². The van der Waals surface area contributed by atoms with Gasteiger partial charge in [-0.25, -0.2) is 0 Å². The highest BCUT2D eigenvalue weighted by atomic mass is 79.9. The molecule has 0 heterocycles. The Kier molecular flexibility index (Phi) is 5.21. The molecule has 0 atom stereocenters. The summed E-state index contributed by atoms with van der Waals surface area (Å²) in [7, 11) is 1.48. The van der Waals surface area contributed by atoms with E-state index >= 15 is 0 Å². The van der Waals surface area contributed by atoms with Gasteiger partial charge in [-0.2, -0.15) is 13.2 Å². The standard InChI is InChI=1S/C13H15BrF3NO2/c1-12(2,7-20-3)18-11(19)8-4-5-10(14)9(6-8)13(15,16)17/h4-6H,7H2,1-3H3,(H,18,19). The Bertz CT molecular complexity index is 501. The summed E-state index contributed by atoms with van der Waals surface area (Å²) in [4.78, 5) is 12.0. The van der Waals surface area contributed by atoms with Crippen LogP contribution in [0.3, 0.4) is 0 Å². The molecule has 0 radical (unpaired) electrons. The number of halogens is 4. The van der Waals surface area contributed by atoms with Gasteiger partial charge >= 0.3 is 6.18 Å². The first-order valence-electron chi connectivity index (χ1n) is 5.75. The minimum absolute atomic E-state index is 0.0512. The van der Waals surface area contributed by atoms with Gasteiger partial charge in [0, 0.05) is 17.1 Å². The van der Waals surface area contributed by atoms with E-state index < -0.39 is 23.2 Å². The molecule has 0 saturated heterocycles. The zero-order valence-corrected chi connectivity index (χ0v) is 12.9. The van der Waals surface area contributed by atoms with Crippen LogP contribution in [0.25, 0.3) is 0 Å². The summed E-state index contributed by atoms with van der Waals surface area (Å²) in [5, 5.41) is 2.63. The van der Waals surface area contributed by atoms with Crippen molar-refractivity contribution < 1.29 is 22.7 Å². The molecule has 3 nitrogen and oxygen atoms in total. The summed E-state index contributed by atoms with van der Waals surface area (Å²) in [6, 6.07) is 3.36. The molecule has 0 aliphatic rings. The number of benzene rings is 1. The molecule has 0 aromatic heterocycles. The number of carbonyl (C=O) groups excluding carboxylic acids is 1. The Hall–Kier alpha value is -1.08. The predicted molar refractivity (Wildman–Crippen MR) is 72.6 cm³/mol. The highest BCUT2D eigenvalue weighted by molar-refractivity contribution is 9.10. The van der Waals surface area contributed by atoms with E-state index in [1.165, 1.54) is 19.2 Å². The third kappa shape index (κ3) is 4.49. The van der Waals surface area contributed by atoms with Crippen LogP contribution in [0.1, 0.15) is 29.8 Å². The van der Waals surface area contributed by atoms with Crippen molar-refractivity contribution in [2.45, 2.75) is 25.6 Å². The average Bonchev–Trinajstić information content (AvgIpc) is 2.26. The molecule has 20 heavy (non-hydrogen) atoms. The van der Waals surface area contributed by atoms with Crippen molar-refractivity contribution in [2.24, 2.45) is 0 Å². The fraction of sp³-hybridized carbons (Fsp3) is 0.462. The van der Waals surface area contributed by atoms with Gasteiger partial charge in [-0.1, -0.05) is 15.9 Å². The Morgan fingerprint density at radius 1 is 1.35 bits per heavy atom. The maximum Gasteiger partial charge on any atom is 0.417 e. The molecule has 1 aromatic rings. The van der Waals surface area contributed by atoms with Crippen molar-refractivity contribution in [3.63, 3.8) is 0 Å². The van der Waals surface area contributed by atoms with Crippen molar-refractivity contribution in [2.75, 3.05) is 13.7 Å². The summed E-state index contributed by atoms with van der Waals surface area (Å²) in [6.07, 6.45) is -4.52. The molecule has 7 heteroatoms. The van der Waals surface area contributed by atoms with Crippen molar-refractivity contribution in [1.29, 1.82) is 0 Å². The summed E-state index contributed by atoms with van der Waals surface area (Å²) < 4.78 is 43.1. The van der Waals surface area contributed by atoms with Gasteiger partial charge < -0.3 is 10.1 Å². The van der Waals surface area contributed by atoms with E-state index in [4.69, 9.17) is 4.74 Å². The molecule has 0 bridgehead atoms. The van der Waals surface area contributed by atoms with Crippen LogP contribution in [0.2, 0.25) is 0 Å². The number of ether oxygens (including phenoxy) is 1. The number of methoxy groups -OCH3 is 1. The monoisotopic (exact) mass is 353 g/mol. The van der Waals surface area contributed by atoms with E-state index in [2.05, 4.69) is 21.2 Å². The van der Waals surface area contributed by atoms with E-state index in [0.29, 0.717) is 0 Å².